The minimum absolute atomic E-state index is 0.0783. The van der Waals surface area contributed by atoms with Gasteiger partial charge in [-0.15, -0.1) is 0 Å². The maximum atomic E-state index is 15.9. The fourth-order valence-electron chi connectivity index (χ4n) is 6.09. The molecule has 44 heavy (non-hydrogen) atoms. The second kappa shape index (κ2) is 11.1. The van der Waals surface area contributed by atoms with Gasteiger partial charge in [0.05, 0.1) is 42.2 Å². The lowest BCUT2D eigenvalue weighted by Gasteiger charge is -2.40. The van der Waals surface area contributed by atoms with E-state index in [1.807, 2.05) is 20.8 Å². The van der Waals surface area contributed by atoms with E-state index >= 15 is 8.78 Å². The molecule has 0 unspecified atom stereocenters. The van der Waals surface area contributed by atoms with Crippen LogP contribution in [0.4, 0.5) is 18.9 Å². The van der Waals surface area contributed by atoms with Crippen LogP contribution < -0.4 is 9.64 Å². The maximum absolute atomic E-state index is 15.9. The summed E-state index contributed by atoms with van der Waals surface area (Å²) >= 11 is 12.3. The van der Waals surface area contributed by atoms with Crippen LogP contribution in [-0.2, 0) is 10.2 Å². The Kier molecular flexibility index (Phi) is 7.85. The molecule has 2 heterocycles. The molecule has 0 saturated carbocycles. The predicted octanol–water partition coefficient (Wildman–Crippen LogP) is 7.41. The van der Waals surface area contributed by atoms with Gasteiger partial charge in [-0.1, -0.05) is 62.2 Å². The molecule has 1 amide bonds. The molecule has 0 bridgehead atoms. The number of nitriles is 1. The Morgan fingerprint density at radius 1 is 1.14 bits per heavy atom. The van der Waals surface area contributed by atoms with Crippen molar-refractivity contribution in [2.24, 2.45) is 5.41 Å². The van der Waals surface area contributed by atoms with Gasteiger partial charge in [0.25, 0.3) is 5.91 Å². The first kappa shape index (κ1) is 31.2. The normalized spacial score (nSPS) is 19.8. The molecule has 2 atom stereocenters. The molecule has 0 aliphatic carbocycles. The fraction of sp³-hybridized carbons (Fsp3) is 0.281. The molecule has 5 rings (SSSR count). The molecule has 2 aliphatic heterocycles. The molecule has 1 saturated heterocycles. The minimum atomic E-state index is -1.92. The van der Waals surface area contributed by atoms with Crippen molar-refractivity contribution in [3.8, 4) is 11.8 Å². The molecular formula is C32H26Cl2F3N3O4. The first-order valence-corrected chi connectivity index (χ1v) is 14.2. The number of nitrogens with zero attached hydrogens (tertiary/aromatic N) is 3. The van der Waals surface area contributed by atoms with Crippen molar-refractivity contribution in [1.29, 1.82) is 5.26 Å². The molecule has 0 radical (unpaired) electrons. The van der Waals surface area contributed by atoms with Crippen molar-refractivity contribution in [2.75, 3.05) is 18.7 Å². The monoisotopic (exact) mass is 643 g/mol. The number of fused-ring (bicyclic) bond motifs is 1. The van der Waals surface area contributed by atoms with Crippen LogP contribution in [0.5, 0.6) is 5.75 Å². The lowest BCUT2D eigenvalue weighted by molar-refractivity contribution is -0.114. The van der Waals surface area contributed by atoms with Gasteiger partial charge in [-0.2, -0.15) is 5.26 Å². The van der Waals surface area contributed by atoms with Crippen LogP contribution in [0, 0.1) is 34.2 Å². The minimum Gasteiger partial charge on any atom is -0.495 e. The van der Waals surface area contributed by atoms with Crippen LogP contribution in [0.3, 0.4) is 0 Å². The lowest BCUT2D eigenvalue weighted by Crippen LogP contribution is -2.47. The number of rotatable bonds is 6. The summed E-state index contributed by atoms with van der Waals surface area (Å²) < 4.78 is 52.1. The summed E-state index contributed by atoms with van der Waals surface area (Å²) in [6.07, 6.45) is 0.225. The number of hydrogen-bond donors (Lipinski definition) is 1. The van der Waals surface area contributed by atoms with E-state index in [1.165, 1.54) is 37.4 Å². The smallest absolute Gasteiger partial charge is 0.338 e. The van der Waals surface area contributed by atoms with Gasteiger partial charge >= 0.3 is 5.97 Å². The zero-order valence-corrected chi connectivity index (χ0v) is 25.5. The molecule has 3 aromatic carbocycles. The van der Waals surface area contributed by atoms with Gasteiger partial charge in [0.2, 0.25) is 0 Å². The summed E-state index contributed by atoms with van der Waals surface area (Å²) in [5.41, 5.74) is -3.66. The van der Waals surface area contributed by atoms with Gasteiger partial charge in [0.1, 0.15) is 34.3 Å². The van der Waals surface area contributed by atoms with Crippen molar-refractivity contribution in [3.63, 3.8) is 0 Å². The summed E-state index contributed by atoms with van der Waals surface area (Å²) in [4.78, 5) is 28.7. The maximum Gasteiger partial charge on any atom is 0.338 e. The lowest BCUT2D eigenvalue weighted by atomic mass is 9.65. The van der Waals surface area contributed by atoms with E-state index in [-0.39, 0.29) is 57.0 Å². The third-order valence-electron chi connectivity index (χ3n) is 7.88. The quantitative estimate of drug-likeness (QED) is 0.300. The third-order valence-corrected chi connectivity index (χ3v) is 8.41. The Hall–Kier alpha value is -4.20. The molecule has 2 aliphatic rings. The van der Waals surface area contributed by atoms with Crippen molar-refractivity contribution in [3.05, 3.63) is 98.4 Å². The van der Waals surface area contributed by atoms with E-state index in [4.69, 9.17) is 27.9 Å². The number of halogens is 5. The molecule has 228 valence electrons. The average molecular weight is 644 g/mol. The number of methoxy groups -OCH3 is 1. The molecule has 12 heteroatoms. The van der Waals surface area contributed by atoms with Crippen LogP contribution in [0.2, 0.25) is 10.0 Å². The first-order chi connectivity index (χ1) is 20.7. The Morgan fingerprint density at radius 2 is 1.84 bits per heavy atom. The highest BCUT2D eigenvalue weighted by Gasteiger charge is 2.61. The molecule has 1 fully saturated rings. The van der Waals surface area contributed by atoms with Crippen LogP contribution in [-0.4, -0.2) is 41.7 Å². The van der Waals surface area contributed by atoms with Gasteiger partial charge in [0.15, 0.2) is 0 Å². The van der Waals surface area contributed by atoms with Crippen LogP contribution in [0.15, 0.2) is 54.2 Å². The fourth-order valence-corrected chi connectivity index (χ4v) is 6.42. The highest BCUT2D eigenvalue weighted by molar-refractivity contribution is 6.31. The summed E-state index contributed by atoms with van der Waals surface area (Å²) in [6.45, 7) is 5.46. The number of ether oxygens (including phenoxy) is 1. The number of hydrogen-bond acceptors (Lipinski definition) is 5. The van der Waals surface area contributed by atoms with Gasteiger partial charge in [-0.25, -0.2) is 18.0 Å². The number of carbonyl (C=O) groups excluding carboxylic acids is 1. The highest BCUT2D eigenvalue weighted by Crippen LogP contribution is 2.57. The first-order valence-electron chi connectivity index (χ1n) is 13.4. The standard InChI is InChI=1S/C32H26Cl2F3N3O4/c1-31(2,3)13-25-32(14-38,19-9-8-16(33)10-22(19)36)26(17-6-5-7-20(34)27(17)37)28-29(41)39(15-40(25)28)23-12-21(35)18(30(42)43)11-24(23)44-4/h5-12,25H,13,15H2,1-4H3,(H,42,43)/t25-,32-/m0/s1. The molecule has 7 nitrogen and oxygen atoms in total. The van der Waals surface area contributed by atoms with Gasteiger partial charge in [-0.05, 0) is 36.1 Å². The number of amides is 1. The highest BCUT2D eigenvalue weighted by atomic mass is 35.5. The largest absolute Gasteiger partial charge is 0.495 e. The molecule has 3 aromatic rings. The molecule has 1 N–H and O–H groups in total. The van der Waals surface area contributed by atoms with E-state index in [2.05, 4.69) is 6.07 Å². The van der Waals surface area contributed by atoms with Crippen molar-refractivity contribution < 1.29 is 32.6 Å². The van der Waals surface area contributed by atoms with E-state index in [0.717, 1.165) is 23.1 Å². The predicted molar refractivity (Wildman–Crippen MR) is 159 cm³/mol. The summed E-state index contributed by atoms with van der Waals surface area (Å²) in [5, 5.41) is 20.2. The number of carboxylic acids is 1. The van der Waals surface area contributed by atoms with E-state index in [1.54, 1.807) is 4.90 Å². The summed E-state index contributed by atoms with van der Waals surface area (Å²) in [5.74, 6) is -5.23. The van der Waals surface area contributed by atoms with E-state index < -0.39 is 51.8 Å². The van der Waals surface area contributed by atoms with Crippen molar-refractivity contribution >= 4 is 46.3 Å². The van der Waals surface area contributed by atoms with Crippen LogP contribution in [0.1, 0.15) is 48.7 Å². The second-order valence-electron chi connectivity index (χ2n) is 11.8. The Labute approximate surface area is 261 Å². The third kappa shape index (κ3) is 4.84. The Bertz CT molecular complexity index is 1800. The number of aromatic carboxylic acids is 1. The summed E-state index contributed by atoms with van der Waals surface area (Å²) in [6, 6.07) is 11.1. The SMILES string of the molecule is COc1cc(C(=O)O)c(F)cc1N1CN2C(=C(c3cccc(Cl)c3F)[C@@](C#N)(c3ccc(Cl)cc3F)[C@@H]2CC(C)(C)C)C1=O. The van der Waals surface area contributed by atoms with Crippen molar-refractivity contribution in [2.45, 2.75) is 38.6 Å². The Balaban J connectivity index is 1.87. The Morgan fingerprint density at radius 3 is 2.43 bits per heavy atom. The second-order valence-corrected chi connectivity index (χ2v) is 12.6. The average Bonchev–Trinajstić information content (AvgIpc) is 3.40. The van der Waals surface area contributed by atoms with Crippen molar-refractivity contribution in [1.82, 2.24) is 4.90 Å². The van der Waals surface area contributed by atoms with Gasteiger partial charge in [0, 0.05) is 27.8 Å². The van der Waals surface area contributed by atoms with Crippen LogP contribution >= 0.6 is 23.2 Å². The molecule has 0 aromatic heterocycles. The molecule has 0 spiro atoms. The van der Waals surface area contributed by atoms with E-state index in [0.29, 0.717) is 0 Å². The topological polar surface area (TPSA) is 93.9 Å². The molecular weight excluding hydrogens is 618 g/mol. The zero-order chi connectivity index (χ0) is 32.3. The van der Waals surface area contributed by atoms with Crippen LogP contribution in [0.25, 0.3) is 5.57 Å². The van der Waals surface area contributed by atoms with E-state index in [9.17, 15) is 24.3 Å². The number of carbonyl (C=O) groups is 2. The van der Waals surface area contributed by atoms with Gasteiger partial charge in [-0.3, -0.25) is 9.69 Å². The summed E-state index contributed by atoms with van der Waals surface area (Å²) in [7, 11) is 1.24. The zero-order valence-electron chi connectivity index (χ0n) is 24.0. The van der Waals surface area contributed by atoms with Gasteiger partial charge < -0.3 is 14.7 Å². The number of benzene rings is 3. The number of carboxylic acid groups (broad SMARTS) is 1. The number of anilines is 1.